The van der Waals surface area contributed by atoms with Gasteiger partial charge in [0.05, 0.1) is 0 Å². The van der Waals surface area contributed by atoms with Gasteiger partial charge in [0.15, 0.2) is 0 Å². The molecule has 0 aromatic heterocycles. The molecule has 1 heterocycles. The minimum absolute atomic E-state index is 0.648. The Morgan fingerprint density at radius 2 is 1.19 bits per heavy atom. The molecule has 0 saturated carbocycles. The average molecular weight is 295 g/mol. The van der Waals surface area contributed by atoms with Crippen molar-refractivity contribution in [2.45, 2.75) is 57.9 Å². The second-order valence-electron chi connectivity index (χ2n) is 6.15. The van der Waals surface area contributed by atoms with E-state index in [2.05, 4.69) is 52.8 Å². The average Bonchev–Trinajstić information content (AvgIpc) is 1.95. The third kappa shape index (κ3) is 3.37. The summed E-state index contributed by atoms with van der Waals surface area (Å²) in [4.78, 5) is 0. The third-order valence-corrected chi connectivity index (χ3v) is 21.8. The highest BCUT2D eigenvalue weighted by Crippen LogP contribution is 2.37. The Hall–Kier alpha value is 0.748. The Morgan fingerprint density at radius 3 is 1.50 bits per heavy atom. The largest absolute Gasteiger partial charge is 0.416 e. The molecular formula is C9H26O3Si4. The molecule has 0 amide bonds. The molecule has 7 heteroatoms. The van der Waals surface area contributed by atoms with Gasteiger partial charge in [0.2, 0.25) is 0 Å². The first-order chi connectivity index (χ1) is 6.98. The van der Waals surface area contributed by atoms with E-state index in [1.54, 1.807) is 0 Å². The Morgan fingerprint density at radius 1 is 0.812 bits per heavy atom. The quantitative estimate of drug-likeness (QED) is 0.733. The molecule has 96 valence electrons. The molecule has 0 spiro atoms. The van der Waals surface area contributed by atoms with Crippen LogP contribution in [0.5, 0.6) is 0 Å². The maximum absolute atomic E-state index is 6.32. The molecule has 1 saturated heterocycles. The molecule has 1 unspecified atom stereocenters. The minimum Gasteiger partial charge on any atom is -0.416 e. The van der Waals surface area contributed by atoms with Crippen molar-refractivity contribution in [3.63, 3.8) is 0 Å². The second kappa shape index (κ2) is 4.45. The summed E-state index contributed by atoms with van der Waals surface area (Å²) in [5, 5.41) is 0.648. The highest BCUT2D eigenvalue weighted by Gasteiger charge is 2.55. The van der Waals surface area contributed by atoms with Crippen LogP contribution in [0.25, 0.3) is 0 Å². The molecule has 1 rings (SSSR count). The van der Waals surface area contributed by atoms with E-state index in [1.165, 1.54) is 0 Å². The van der Waals surface area contributed by atoms with Gasteiger partial charge in [-0.15, -0.1) is 0 Å². The van der Waals surface area contributed by atoms with Gasteiger partial charge in [0.25, 0.3) is 0 Å². The first-order valence-electron chi connectivity index (χ1n) is 6.08. The summed E-state index contributed by atoms with van der Waals surface area (Å²) in [5.41, 5.74) is 0. The summed E-state index contributed by atoms with van der Waals surface area (Å²) in [5.74, 6) is 0. The number of hydrogen-bond acceptors (Lipinski definition) is 3. The van der Waals surface area contributed by atoms with E-state index in [4.69, 9.17) is 12.3 Å². The van der Waals surface area contributed by atoms with Crippen molar-refractivity contribution < 1.29 is 12.3 Å². The van der Waals surface area contributed by atoms with E-state index in [0.717, 1.165) is 0 Å². The van der Waals surface area contributed by atoms with Crippen molar-refractivity contribution in [1.82, 2.24) is 0 Å². The zero-order chi connectivity index (χ0) is 12.8. The normalized spacial score (nSPS) is 29.1. The smallest absolute Gasteiger partial charge is 0.317 e. The van der Waals surface area contributed by atoms with Gasteiger partial charge in [0, 0.05) is 8.80 Å². The number of rotatable bonds is 2. The Kier molecular flexibility index (Phi) is 4.12. The standard InChI is InChI=1S/C9H26O3Si4/c1-9(13(2)3)16(8)11-14(4,5)10-15(6,7)12-16/h9,13H,1-8H3. The topological polar surface area (TPSA) is 27.7 Å². The van der Waals surface area contributed by atoms with Crippen LogP contribution < -0.4 is 0 Å². The summed E-state index contributed by atoms with van der Waals surface area (Å²) >= 11 is 0. The van der Waals surface area contributed by atoms with Crippen molar-refractivity contribution >= 4 is 34.5 Å². The highest BCUT2D eigenvalue weighted by atomic mass is 28.5. The van der Waals surface area contributed by atoms with Gasteiger partial charge in [-0.2, -0.15) is 0 Å². The lowest BCUT2D eigenvalue weighted by atomic mass is 10.9. The summed E-state index contributed by atoms with van der Waals surface area (Å²) in [6, 6.07) is 0. The molecule has 0 aromatic carbocycles. The lowest BCUT2D eigenvalue weighted by Gasteiger charge is -2.50. The van der Waals surface area contributed by atoms with Gasteiger partial charge in [-0.1, -0.05) is 20.0 Å². The van der Waals surface area contributed by atoms with Gasteiger partial charge in [-0.25, -0.2) is 0 Å². The van der Waals surface area contributed by atoms with Gasteiger partial charge in [-0.05, 0) is 37.9 Å². The predicted octanol–water partition coefficient (Wildman–Crippen LogP) is 2.94. The molecule has 0 radical (unpaired) electrons. The molecule has 1 aliphatic heterocycles. The van der Waals surface area contributed by atoms with Crippen molar-refractivity contribution in [3.05, 3.63) is 0 Å². The third-order valence-electron chi connectivity index (χ3n) is 3.22. The van der Waals surface area contributed by atoms with Gasteiger partial charge in [-0.3, -0.25) is 0 Å². The van der Waals surface area contributed by atoms with Crippen molar-refractivity contribution in [3.8, 4) is 0 Å². The van der Waals surface area contributed by atoms with Crippen LogP contribution in [0.15, 0.2) is 0 Å². The second-order valence-corrected chi connectivity index (χ2v) is 21.3. The zero-order valence-electron chi connectivity index (χ0n) is 11.9. The Labute approximate surface area is 105 Å². The predicted molar refractivity (Wildman–Crippen MR) is 78.1 cm³/mol. The first kappa shape index (κ1) is 14.8. The fourth-order valence-electron chi connectivity index (χ4n) is 2.42. The molecule has 0 N–H and O–H groups in total. The van der Waals surface area contributed by atoms with Crippen molar-refractivity contribution in [2.24, 2.45) is 0 Å². The van der Waals surface area contributed by atoms with Crippen LogP contribution in [0.1, 0.15) is 6.92 Å². The lowest BCUT2D eigenvalue weighted by Crippen LogP contribution is -2.67. The first-order valence-corrected chi connectivity index (χ1v) is 17.1. The van der Waals surface area contributed by atoms with Crippen LogP contribution in [0.3, 0.4) is 0 Å². The molecule has 0 aromatic rings. The summed E-state index contributed by atoms with van der Waals surface area (Å²) < 4.78 is 18.7. The molecule has 1 aliphatic rings. The molecular weight excluding hydrogens is 268 g/mol. The Bertz CT molecular complexity index is 251. The molecule has 3 nitrogen and oxygen atoms in total. The minimum atomic E-state index is -2.01. The van der Waals surface area contributed by atoms with Gasteiger partial charge in [0.1, 0.15) is 0 Å². The van der Waals surface area contributed by atoms with Crippen molar-refractivity contribution in [1.29, 1.82) is 0 Å². The zero-order valence-corrected chi connectivity index (χ0v) is 16.0. The van der Waals surface area contributed by atoms with E-state index in [0.29, 0.717) is 5.16 Å². The summed E-state index contributed by atoms with van der Waals surface area (Å²) in [6.07, 6.45) is 0. The van der Waals surface area contributed by atoms with Gasteiger partial charge >= 0.3 is 25.7 Å². The maximum atomic E-state index is 6.32. The van der Waals surface area contributed by atoms with Crippen molar-refractivity contribution in [2.75, 3.05) is 0 Å². The molecule has 0 bridgehead atoms. The molecule has 1 atom stereocenters. The van der Waals surface area contributed by atoms with E-state index in [1.807, 2.05) is 0 Å². The van der Waals surface area contributed by atoms with Crippen LogP contribution in [-0.2, 0) is 12.3 Å². The van der Waals surface area contributed by atoms with Crippen LogP contribution >= 0.6 is 0 Å². The summed E-state index contributed by atoms with van der Waals surface area (Å²) in [7, 11) is -6.63. The van der Waals surface area contributed by atoms with Crippen LogP contribution in [0, 0.1) is 0 Å². The highest BCUT2D eigenvalue weighted by molar-refractivity contribution is 6.97. The maximum Gasteiger partial charge on any atom is 0.317 e. The van der Waals surface area contributed by atoms with Crippen LogP contribution in [-0.4, -0.2) is 34.5 Å². The van der Waals surface area contributed by atoms with E-state index in [9.17, 15) is 0 Å². The monoisotopic (exact) mass is 294 g/mol. The van der Waals surface area contributed by atoms with E-state index < -0.39 is 34.5 Å². The van der Waals surface area contributed by atoms with Crippen LogP contribution in [0.4, 0.5) is 0 Å². The lowest BCUT2D eigenvalue weighted by molar-refractivity contribution is 0.230. The van der Waals surface area contributed by atoms with E-state index in [-0.39, 0.29) is 0 Å². The van der Waals surface area contributed by atoms with Crippen LogP contribution in [0.2, 0.25) is 51.0 Å². The fourth-order valence-corrected chi connectivity index (χ4v) is 24.1. The molecule has 0 aliphatic carbocycles. The number of hydrogen-bond donors (Lipinski definition) is 0. The molecule has 16 heavy (non-hydrogen) atoms. The van der Waals surface area contributed by atoms with Gasteiger partial charge < -0.3 is 12.3 Å². The SMILES string of the molecule is CC([SiH](C)C)[Si]1(C)O[Si](C)(C)O[Si](C)(C)O1. The molecule has 1 fully saturated rings. The fraction of sp³-hybridized carbons (Fsp3) is 1.00. The van der Waals surface area contributed by atoms with E-state index >= 15 is 0 Å². The Balaban J connectivity index is 2.96. The summed E-state index contributed by atoms with van der Waals surface area (Å²) in [6.45, 7) is 18.0.